The van der Waals surface area contributed by atoms with Crippen LogP contribution in [0.4, 0.5) is 4.39 Å². The minimum absolute atomic E-state index is 0.219. The van der Waals surface area contributed by atoms with E-state index < -0.39 is 0 Å². The third kappa shape index (κ3) is 3.28. The van der Waals surface area contributed by atoms with Crippen LogP contribution >= 0.6 is 23.1 Å². The molecule has 0 aliphatic heterocycles. The minimum Gasteiger partial charge on any atom is -0.330 e. The van der Waals surface area contributed by atoms with Crippen LogP contribution in [0.1, 0.15) is 5.69 Å². The number of nitrogens with two attached hydrogens (primary N) is 1. The molecule has 0 atom stereocenters. The summed E-state index contributed by atoms with van der Waals surface area (Å²) >= 11 is 3.22. The highest BCUT2D eigenvalue weighted by molar-refractivity contribution is 7.98. The second kappa shape index (κ2) is 6.14. The number of aromatic nitrogens is 1. The van der Waals surface area contributed by atoms with Gasteiger partial charge in [-0.2, -0.15) is 11.8 Å². The molecule has 0 saturated carbocycles. The molecule has 0 fully saturated rings. The van der Waals surface area contributed by atoms with Crippen molar-refractivity contribution in [2.75, 3.05) is 12.3 Å². The van der Waals surface area contributed by atoms with Gasteiger partial charge in [-0.1, -0.05) is 12.1 Å². The Morgan fingerprint density at radius 1 is 1.35 bits per heavy atom. The highest BCUT2D eigenvalue weighted by atomic mass is 32.2. The Labute approximate surface area is 108 Å². The predicted molar refractivity (Wildman–Crippen MR) is 72.7 cm³/mol. The first kappa shape index (κ1) is 12.5. The summed E-state index contributed by atoms with van der Waals surface area (Å²) in [6.07, 6.45) is 0. The van der Waals surface area contributed by atoms with Gasteiger partial charge in [0.2, 0.25) is 0 Å². The van der Waals surface area contributed by atoms with Crippen LogP contribution in [0.25, 0.3) is 10.6 Å². The van der Waals surface area contributed by atoms with Gasteiger partial charge in [0, 0.05) is 29.0 Å². The zero-order valence-corrected chi connectivity index (χ0v) is 10.9. The van der Waals surface area contributed by atoms with Crippen molar-refractivity contribution in [2.45, 2.75) is 5.75 Å². The fourth-order valence-electron chi connectivity index (χ4n) is 1.39. The number of hydrogen-bond acceptors (Lipinski definition) is 4. The second-order valence-corrected chi connectivity index (χ2v) is 5.43. The lowest BCUT2D eigenvalue weighted by Crippen LogP contribution is -2.01. The molecule has 17 heavy (non-hydrogen) atoms. The summed E-state index contributed by atoms with van der Waals surface area (Å²) in [7, 11) is 0. The normalized spacial score (nSPS) is 10.7. The highest BCUT2D eigenvalue weighted by Gasteiger charge is 2.08. The van der Waals surface area contributed by atoms with Crippen molar-refractivity contribution in [2.24, 2.45) is 5.73 Å². The summed E-state index contributed by atoms with van der Waals surface area (Å²) in [5, 5.41) is 2.72. The Kier molecular flexibility index (Phi) is 4.53. The molecule has 0 aliphatic rings. The molecule has 0 amide bonds. The molecular formula is C12H13FN2S2. The van der Waals surface area contributed by atoms with Gasteiger partial charge in [-0.05, 0) is 12.1 Å². The number of nitrogens with zero attached hydrogens (tertiary/aromatic N) is 1. The molecule has 2 N–H and O–H groups in total. The number of thioether (sulfide) groups is 1. The van der Waals surface area contributed by atoms with Crippen LogP contribution in [0.5, 0.6) is 0 Å². The fourth-order valence-corrected chi connectivity index (χ4v) is 3.01. The van der Waals surface area contributed by atoms with Crippen LogP contribution in [0, 0.1) is 5.82 Å². The van der Waals surface area contributed by atoms with Crippen LogP contribution in [0.3, 0.4) is 0 Å². The van der Waals surface area contributed by atoms with Crippen LogP contribution in [0.2, 0.25) is 0 Å². The van der Waals surface area contributed by atoms with E-state index in [0.29, 0.717) is 12.1 Å². The van der Waals surface area contributed by atoms with E-state index in [0.717, 1.165) is 22.2 Å². The molecule has 90 valence electrons. The van der Waals surface area contributed by atoms with Crippen LogP contribution < -0.4 is 5.73 Å². The van der Waals surface area contributed by atoms with E-state index >= 15 is 0 Å². The lowest BCUT2D eigenvalue weighted by Gasteiger charge is -1.97. The molecule has 2 nitrogen and oxygen atoms in total. The van der Waals surface area contributed by atoms with Crippen molar-refractivity contribution in [3.05, 3.63) is 41.2 Å². The van der Waals surface area contributed by atoms with Crippen LogP contribution in [-0.4, -0.2) is 17.3 Å². The second-order valence-electron chi connectivity index (χ2n) is 3.47. The van der Waals surface area contributed by atoms with Crippen LogP contribution in [0.15, 0.2) is 29.6 Å². The molecular weight excluding hydrogens is 255 g/mol. The van der Waals surface area contributed by atoms with Crippen molar-refractivity contribution in [3.63, 3.8) is 0 Å². The molecule has 0 unspecified atom stereocenters. The number of thiazole rings is 1. The summed E-state index contributed by atoms with van der Waals surface area (Å²) in [6.45, 7) is 0.676. The Morgan fingerprint density at radius 3 is 2.94 bits per heavy atom. The first-order valence-electron chi connectivity index (χ1n) is 5.28. The Balaban J connectivity index is 2.10. The monoisotopic (exact) mass is 268 g/mol. The molecule has 0 spiro atoms. The van der Waals surface area contributed by atoms with Gasteiger partial charge in [-0.25, -0.2) is 9.37 Å². The van der Waals surface area contributed by atoms with Gasteiger partial charge in [0.05, 0.1) is 5.69 Å². The van der Waals surface area contributed by atoms with E-state index in [1.54, 1.807) is 23.9 Å². The van der Waals surface area contributed by atoms with E-state index in [4.69, 9.17) is 5.73 Å². The Morgan fingerprint density at radius 2 is 2.18 bits per heavy atom. The zero-order chi connectivity index (χ0) is 12.1. The molecule has 1 aromatic carbocycles. The lowest BCUT2D eigenvalue weighted by atomic mass is 10.2. The molecule has 0 bridgehead atoms. The molecule has 1 aromatic heterocycles. The maximum absolute atomic E-state index is 13.5. The largest absolute Gasteiger partial charge is 0.330 e. The molecule has 5 heteroatoms. The smallest absolute Gasteiger partial charge is 0.133 e. The van der Waals surface area contributed by atoms with Gasteiger partial charge in [-0.15, -0.1) is 11.3 Å². The number of halogens is 1. The number of benzene rings is 1. The maximum atomic E-state index is 13.5. The molecule has 0 radical (unpaired) electrons. The molecule has 1 heterocycles. The molecule has 2 rings (SSSR count). The first-order chi connectivity index (χ1) is 8.31. The van der Waals surface area contributed by atoms with Crippen molar-refractivity contribution >= 4 is 23.1 Å². The van der Waals surface area contributed by atoms with Gasteiger partial charge in [-0.3, -0.25) is 0 Å². The van der Waals surface area contributed by atoms with E-state index in [-0.39, 0.29) is 5.82 Å². The predicted octanol–water partition coefficient (Wildman–Crippen LogP) is 3.14. The summed E-state index contributed by atoms with van der Waals surface area (Å²) < 4.78 is 13.5. The molecule has 0 saturated heterocycles. The summed E-state index contributed by atoms with van der Waals surface area (Å²) in [4.78, 5) is 4.43. The van der Waals surface area contributed by atoms with Gasteiger partial charge in [0.1, 0.15) is 10.8 Å². The van der Waals surface area contributed by atoms with E-state index in [2.05, 4.69) is 4.98 Å². The van der Waals surface area contributed by atoms with Crippen molar-refractivity contribution in [1.82, 2.24) is 4.98 Å². The standard InChI is InChI=1S/C12H13FN2S2/c13-11-4-2-1-3-10(11)12-15-9(8-17-12)7-16-6-5-14/h1-4,8H,5-7,14H2. The maximum Gasteiger partial charge on any atom is 0.133 e. The minimum atomic E-state index is -0.219. The van der Waals surface area contributed by atoms with Crippen molar-refractivity contribution in [1.29, 1.82) is 0 Å². The molecule has 2 aromatic rings. The third-order valence-electron chi connectivity index (χ3n) is 2.17. The van der Waals surface area contributed by atoms with Gasteiger partial charge in [0.25, 0.3) is 0 Å². The van der Waals surface area contributed by atoms with E-state index in [9.17, 15) is 4.39 Å². The topological polar surface area (TPSA) is 38.9 Å². The summed E-state index contributed by atoms with van der Waals surface area (Å²) in [6, 6.07) is 6.72. The Bertz CT molecular complexity index is 485. The van der Waals surface area contributed by atoms with Crippen molar-refractivity contribution in [3.8, 4) is 10.6 Å². The summed E-state index contributed by atoms with van der Waals surface area (Å²) in [5.41, 5.74) is 6.99. The van der Waals surface area contributed by atoms with E-state index in [1.165, 1.54) is 17.4 Å². The van der Waals surface area contributed by atoms with Gasteiger partial charge in [0.15, 0.2) is 0 Å². The zero-order valence-electron chi connectivity index (χ0n) is 9.23. The van der Waals surface area contributed by atoms with Crippen LogP contribution in [-0.2, 0) is 5.75 Å². The van der Waals surface area contributed by atoms with Gasteiger partial charge >= 0.3 is 0 Å². The fraction of sp³-hybridized carbons (Fsp3) is 0.250. The quantitative estimate of drug-likeness (QED) is 0.847. The average Bonchev–Trinajstić information content (AvgIpc) is 2.79. The molecule has 0 aliphatic carbocycles. The number of hydrogen-bond donors (Lipinski definition) is 1. The van der Waals surface area contributed by atoms with E-state index in [1.807, 2.05) is 11.4 Å². The Hall–Kier alpha value is -0.910. The number of rotatable bonds is 5. The average molecular weight is 268 g/mol. The highest BCUT2D eigenvalue weighted by Crippen LogP contribution is 2.27. The van der Waals surface area contributed by atoms with Crippen molar-refractivity contribution < 1.29 is 4.39 Å². The third-order valence-corrected chi connectivity index (χ3v) is 4.12. The SMILES string of the molecule is NCCSCc1csc(-c2ccccc2F)n1. The lowest BCUT2D eigenvalue weighted by molar-refractivity contribution is 0.631. The first-order valence-corrected chi connectivity index (χ1v) is 7.32. The van der Waals surface area contributed by atoms with Gasteiger partial charge < -0.3 is 5.73 Å². The summed E-state index contributed by atoms with van der Waals surface area (Å²) in [5.74, 6) is 1.54.